The molecule has 0 aliphatic carbocycles. The summed E-state index contributed by atoms with van der Waals surface area (Å²) in [6.45, 7) is 1.11. The van der Waals surface area contributed by atoms with Crippen molar-refractivity contribution in [3.8, 4) is 0 Å². The van der Waals surface area contributed by atoms with E-state index in [9.17, 15) is 26.3 Å². The van der Waals surface area contributed by atoms with Crippen molar-refractivity contribution in [1.82, 2.24) is 0 Å². The zero-order valence-electron chi connectivity index (χ0n) is 11.9. The monoisotopic (exact) mass is 365 g/mol. The maximum Gasteiger partial charge on any atom is 0.470 e. The van der Waals surface area contributed by atoms with E-state index in [1.807, 2.05) is 0 Å². The summed E-state index contributed by atoms with van der Waals surface area (Å²) in [6.07, 6.45) is -9.72. The van der Waals surface area contributed by atoms with Crippen LogP contribution in [0.1, 0.15) is 0 Å². The number of carbonyl (C=O) groups excluding carboxylic acids is 2. The second-order valence-electron chi connectivity index (χ2n) is 4.46. The number of quaternary nitrogens is 1. The second kappa shape index (κ2) is 11.3. The lowest BCUT2D eigenvalue weighted by atomic mass is 10.5. The van der Waals surface area contributed by atoms with Gasteiger partial charge in [0.25, 0.3) is 0 Å². The second-order valence-corrected chi connectivity index (χ2v) is 4.46. The van der Waals surface area contributed by atoms with E-state index in [4.69, 9.17) is 14.7 Å². The maximum atomic E-state index is 10.7. The lowest BCUT2D eigenvalue weighted by Gasteiger charge is -2.21. The molecule has 0 saturated heterocycles. The molecule has 0 saturated carbocycles. The van der Waals surface area contributed by atoms with E-state index in [2.05, 4.69) is 32.6 Å². The molecule has 0 fully saturated rings. The standard InChI is InChI=1S/C5H14NO.2C2H2F3NO.ClH/c1-6(2,3)4-5-7;2*3-2(4,5)1(6)7;/h7H,4-5H2,1-3H3;2*(H2,6,7);1H/q+1;;;/p-1. The molecular weight excluding hydrogens is 348 g/mol. The van der Waals surface area contributed by atoms with Gasteiger partial charge < -0.3 is 33.5 Å². The third-order valence-corrected chi connectivity index (χ3v) is 1.33. The van der Waals surface area contributed by atoms with Gasteiger partial charge in [-0.3, -0.25) is 9.59 Å². The Morgan fingerprint density at radius 3 is 1.09 bits per heavy atom. The number of hydrogen-bond acceptors (Lipinski definition) is 3. The number of nitrogens with zero attached hydrogens (tertiary/aromatic N) is 1. The van der Waals surface area contributed by atoms with Crippen LogP contribution in [0.15, 0.2) is 0 Å². The maximum absolute atomic E-state index is 10.7. The molecule has 0 spiro atoms. The van der Waals surface area contributed by atoms with Gasteiger partial charge >= 0.3 is 24.2 Å². The Morgan fingerprint density at radius 1 is 0.909 bits per heavy atom. The van der Waals surface area contributed by atoms with Crippen LogP contribution in [0, 0.1) is 0 Å². The van der Waals surface area contributed by atoms with Crippen LogP contribution >= 0.6 is 0 Å². The first kappa shape index (κ1) is 28.8. The van der Waals surface area contributed by atoms with Gasteiger partial charge in [0.15, 0.2) is 0 Å². The number of aliphatic hydroxyl groups is 1. The lowest BCUT2D eigenvalue weighted by molar-refractivity contribution is -0.870. The smallest absolute Gasteiger partial charge is 0.470 e. The number of rotatable bonds is 2. The number of nitrogens with two attached hydrogens (primary N) is 2. The van der Waals surface area contributed by atoms with Crippen molar-refractivity contribution >= 4 is 11.8 Å². The summed E-state index contributed by atoms with van der Waals surface area (Å²) in [7, 11) is 6.16. The molecule has 0 aromatic rings. The van der Waals surface area contributed by atoms with Crippen molar-refractivity contribution in [2.75, 3.05) is 34.3 Å². The summed E-state index contributed by atoms with van der Waals surface area (Å²) in [5, 5.41) is 8.39. The first-order valence-corrected chi connectivity index (χ1v) is 5.09. The molecule has 0 aliphatic rings. The Labute approximate surface area is 129 Å². The lowest BCUT2D eigenvalue weighted by Crippen LogP contribution is -3.00. The molecule has 0 radical (unpaired) electrons. The minimum absolute atomic E-state index is 0. The molecule has 0 heterocycles. The molecule has 2 amide bonds. The Hall–Kier alpha value is -1.27. The van der Waals surface area contributed by atoms with E-state index in [0.717, 1.165) is 11.0 Å². The average Bonchev–Trinajstić information content (AvgIpc) is 2.13. The predicted octanol–water partition coefficient (Wildman–Crippen LogP) is -3.24. The van der Waals surface area contributed by atoms with Gasteiger partial charge in [0, 0.05) is 0 Å². The number of likely N-dealkylation sites (N-methyl/N-ethyl adjacent to an activating group) is 1. The Morgan fingerprint density at radius 2 is 1.09 bits per heavy atom. The van der Waals surface area contributed by atoms with Gasteiger partial charge in [-0.2, -0.15) is 26.3 Å². The third-order valence-electron chi connectivity index (χ3n) is 1.33. The summed E-state index contributed by atoms with van der Waals surface area (Å²) in [4.78, 5) is 18.2. The van der Waals surface area contributed by atoms with Crippen molar-refractivity contribution in [2.45, 2.75) is 12.4 Å². The van der Waals surface area contributed by atoms with Crippen LogP contribution in [-0.2, 0) is 9.59 Å². The third kappa shape index (κ3) is 27.1. The van der Waals surface area contributed by atoms with E-state index in [1.165, 1.54) is 0 Å². The fourth-order valence-electron chi connectivity index (χ4n) is 0.300. The first-order valence-electron chi connectivity index (χ1n) is 5.09. The molecule has 6 nitrogen and oxygen atoms in total. The molecule has 0 aliphatic heterocycles. The summed E-state index contributed by atoms with van der Waals surface area (Å²) in [5.41, 5.74) is 7.61. The average molecular weight is 366 g/mol. The highest BCUT2D eigenvalue weighted by Crippen LogP contribution is 2.12. The largest absolute Gasteiger partial charge is 1.00 e. The SMILES string of the molecule is C[N+](C)(C)CCO.NC(=O)C(F)(F)F.NC(=O)C(F)(F)F.[Cl-]. The number of primary amides is 2. The molecule has 5 N–H and O–H groups in total. The minimum Gasteiger partial charge on any atom is -1.00 e. The van der Waals surface area contributed by atoms with Gasteiger partial charge in [0.1, 0.15) is 6.54 Å². The Bertz CT molecular complexity index is 304. The summed E-state index contributed by atoms with van der Waals surface area (Å²) < 4.78 is 65.1. The highest BCUT2D eigenvalue weighted by molar-refractivity contribution is 5.79. The minimum atomic E-state index is -4.86. The number of amides is 2. The summed E-state index contributed by atoms with van der Waals surface area (Å²) in [5.74, 6) is -4.51. The Balaban J connectivity index is -0.000000108. The topological polar surface area (TPSA) is 106 Å². The van der Waals surface area contributed by atoms with Gasteiger partial charge in [-0.25, -0.2) is 0 Å². The Kier molecular flexibility index (Phi) is 14.8. The molecule has 0 atom stereocenters. The molecule has 0 rings (SSSR count). The van der Waals surface area contributed by atoms with Crippen molar-refractivity contribution in [2.24, 2.45) is 11.5 Å². The van der Waals surface area contributed by atoms with Crippen molar-refractivity contribution in [3.05, 3.63) is 0 Å². The van der Waals surface area contributed by atoms with Crippen molar-refractivity contribution < 1.29 is 57.9 Å². The quantitative estimate of drug-likeness (QED) is 0.353. The molecular formula is C9H18ClF6N3O3. The van der Waals surface area contributed by atoms with Crippen LogP contribution in [0.2, 0.25) is 0 Å². The zero-order valence-corrected chi connectivity index (χ0v) is 12.7. The van der Waals surface area contributed by atoms with Crippen molar-refractivity contribution in [1.29, 1.82) is 0 Å². The van der Waals surface area contributed by atoms with Gasteiger partial charge in [0.2, 0.25) is 0 Å². The van der Waals surface area contributed by atoms with Crippen LogP contribution in [0.5, 0.6) is 0 Å². The van der Waals surface area contributed by atoms with E-state index >= 15 is 0 Å². The van der Waals surface area contributed by atoms with Gasteiger partial charge in [-0.1, -0.05) is 0 Å². The molecule has 0 aromatic heterocycles. The molecule has 0 aromatic carbocycles. The molecule has 13 heteroatoms. The fraction of sp³-hybridized carbons (Fsp3) is 0.778. The number of hydrogen-bond donors (Lipinski definition) is 3. The van der Waals surface area contributed by atoms with E-state index in [-0.39, 0.29) is 19.0 Å². The van der Waals surface area contributed by atoms with Crippen LogP contribution in [0.25, 0.3) is 0 Å². The number of halogens is 7. The predicted molar refractivity (Wildman–Crippen MR) is 60.5 cm³/mol. The normalized spacial score (nSPS) is 11.0. The summed E-state index contributed by atoms with van der Waals surface area (Å²) >= 11 is 0. The summed E-state index contributed by atoms with van der Waals surface area (Å²) in [6, 6.07) is 0. The fourth-order valence-corrected chi connectivity index (χ4v) is 0.300. The highest BCUT2D eigenvalue weighted by atomic mass is 35.5. The molecule has 0 unspecified atom stereocenters. The van der Waals surface area contributed by atoms with Crippen LogP contribution < -0.4 is 23.9 Å². The van der Waals surface area contributed by atoms with Crippen LogP contribution in [0.4, 0.5) is 26.3 Å². The zero-order chi connectivity index (χ0) is 18.1. The highest BCUT2D eigenvalue weighted by Gasteiger charge is 2.36. The van der Waals surface area contributed by atoms with E-state index < -0.39 is 24.2 Å². The van der Waals surface area contributed by atoms with Gasteiger partial charge in [0.05, 0.1) is 27.7 Å². The first-order chi connectivity index (χ1) is 8.95. The number of carbonyl (C=O) groups is 2. The van der Waals surface area contributed by atoms with Gasteiger partial charge in [-0.05, 0) is 0 Å². The number of aliphatic hydroxyl groups excluding tert-OH is 1. The molecule has 22 heavy (non-hydrogen) atoms. The molecule has 0 bridgehead atoms. The van der Waals surface area contributed by atoms with E-state index in [1.54, 1.807) is 0 Å². The number of alkyl halides is 6. The van der Waals surface area contributed by atoms with E-state index in [0.29, 0.717) is 0 Å². The van der Waals surface area contributed by atoms with Crippen LogP contribution in [0.3, 0.4) is 0 Å². The van der Waals surface area contributed by atoms with Crippen LogP contribution in [-0.4, -0.2) is 68.1 Å². The van der Waals surface area contributed by atoms with Gasteiger partial charge in [-0.15, -0.1) is 0 Å². The van der Waals surface area contributed by atoms with Crippen molar-refractivity contribution in [3.63, 3.8) is 0 Å². The molecule has 136 valence electrons.